The molecule has 5 aromatic rings. The Morgan fingerprint density at radius 1 is 0.619 bits per heavy atom. The highest BCUT2D eigenvalue weighted by atomic mass is 16.5. The van der Waals surface area contributed by atoms with Crippen LogP contribution in [0.4, 0.5) is 5.69 Å². The van der Waals surface area contributed by atoms with Crippen LogP contribution in [0.3, 0.4) is 0 Å². The molecule has 5 nitrogen and oxygen atoms in total. The molecular weight excluding hydrogens is 516 g/mol. The Bertz CT molecular complexity index is 1700. The lowest BCUT2D eigenvalue weighted by Gasteiger charge is -2.29. The molecule has 0 saturated carbocycles. The fourth-order valence-electron chi connectivity index (χ4n) is 5.52. The lowest BCUT2D eigenvalue weighted by atomic mass is 9.78. The number of hydrogen-bond donors (Lipinski definition) is 0. The first-order valence-electron chi connectivity index (χ1n) is 14.5. The van der Waals surface area contributed by atoms with Crippen molar-refractivity contribution in [3.63, 3.8) is 0 Å². The number of anilines is 1. The van der Waals surface area contributed by atoms with Gasteiger partial charge in [-0.25, -0.2) is 4.68 Å². The van der Waals surface area contributed by atoms with Gasteiger partial charge in [-0.15, -0.1) is 0 Å². The van der Waals surface area contributed by atoms with Crippen molar-refractivity contribution in [1.82, 2.24) is 14.7 Å². The molecule has 2 heterocycles. The van der Waals surface area contributed by atoms with Gasteiger partial charge >= 0.3 is 0 Å². The molecule has 42 heavy (non-hydrogen) atoms. The minimum absolute atomic E-state index is 0.159. The van der Waals surface area contributed by atoms with E-state index in [1.54, 1.807) is 0 Å². The fourth-order valence-corrected chi connectivity index (χ4v) is 5.52. The third-order valence-corrected chi connectivity index (χ3v) is 8.43. The maximum atomic E-state index is 6.58. The second-order valence-corrected chi connectivity index (χ2v) is 12.1. The van der Waals surface area contributed by atoms with Gasteiger partial charge in [0.1, 0.15) is 11.5 Å². The van der Waals surface area contributed by atoms with Gasteiger partial charge in [-0.05, 0) is 41.0 Å². The van der Waals surface area contributed by atoms with Crippen molar-refractivity contribution in [1.29, 1.82) is 0 Å². The second kappa shape index (κ2) is 10.9. The van der Waals surface area contributed by atoms with Crippen molar-refractivity contribution in [2.75, 3.05) is 18.6 Å². The third kappa shape index (κ3) is 5.42. The van der Waals surface area contributed by atoms with Gasteiger partial charge in [-0.2, -0.15) is 5.10 Å². The molecule has 0 amide bonds. The summed E-state index contributed by atoms with van der Waals surface area (Å²) in [6, 6.07) is 35.9. The number of benzene rings is 4. The summed E-state index contributed by atoms with van der Waals surface area (Å²) >= 11 is 0. The lowest BCUT2D eigenvalue weighted by Crippen LogP contribution is -2.23. The normalized spacial score (nSPS) is 13.5. The molecule has 0 radical (unpaired) electrons. The molecular formula is C37H38N4O. The molecule has 1 aromatic heterocycles. The summed E-state index contributed by atoms with van der Waals surface area (Å²) in [6.07, 6.45) is 8.29. The van der Waals surface area contributed by atoms with E-state index in [4.69, 9.17) is 9.84 Å². The van der Waals surface area contributed by atoms with Gasteiger partial charge in [0.05, 0.1) is 18.6 Å². The monoisotopic (exact) mass is 554 g/mol. The summed E-state index contributed by atoms with van der Waals surface area (Å²) in [5, 5.41) is 4.72. The minimum Gasteiger partial charge on any atom is -0.457 e. The van der Waals surface area contributed by atoms with E-state index in [1.807, 2.05) is 29.1 Å². The number of nitrogens with zero attached hydrogens (tertiary/aromatic N) is 4. The minimum atomic E-state index is -0.205. The fraction of sp³-hybridized carbons (Fsp3) is 0.216. The van der Waals surface area contributed by atoms with Crippen molar-refractivity contribution in [2.24, 2.45) is 0 Å². The maximum Gasteiger partial charge on any atom is 0.129 e. The van der Waals surface area contributed by atoms with Gasteiger partial charge in [0, 0.05) is 59.9 Å². The number of hydrogen-bond acceptors (Lipinski definition) is 4. The number of rotatable bonds is 8. The van der Waals surface area contributed by atoms with Crippen LogP contribution in [-0.2, 0) is 10.8 Å². The Labute approximate surface area is 249 Å². The molecule has 0 fully saturated rings. The highest BCUT2D eigenvalue weighted by Gasteiger charge is 2.26. The Kier molecular flexibility index (Phi) is 7.11. The van der Waals surface area contributed by atoms with Gasteiger partial charge in [-0.1, -0.05) is 94.4 Å². The number of ether oxygens (including phenoxy) is 1. The van der Waals surface area contributed by atoms with Crippen LogP contribution in [0.15, 0.2) is 128 Å². The Morgan fingerprint density at radius 2 is 1.26 bits per heavy atom. The highest BCUT2D eigenvalue weighted by molar-refractivity contribution is 5.59. The molecule has 0 saturated heterocycles. The summed E-state index contributed by atoms with van der Waals surface area (Å²) in [6.45, 7) is 9.80. The molecule has 0 aliphatic carbocycles. The molecule has 0 atom stereocenters. The molecule has 5 heteroatoms. The predicted molar refractivity (Wildman–Crippen MR) is 171 cm³/mol. The van der Waals surface area contributed by atoms with E-state index < -0.39 is 0 Å². The van der Waals surface area contributed by atoms with E-state index in [2.05, 4.69) is 148 Å². The van der Waals surface area contributed by atoms with E-state index >= 15 is 0 Å². The first kappa shape index (κ1) is 27.4. The van der Waals surface area contributed by atoms with E-state index in [9.17, 15) is 0 Å². The van der Waals surface area contributed by atoms with Crippen LogP contribution < -0.4 is 9.64 Å². The zero-order valence-electron chi connectivity index (χ0n) is 25.0. The molecule has 0 spiro atoms. The van der Waals surface area contributed by atoms with Gasteiger partial charge in [0.2, 0.25) is 0 Å². The van der Waals surface area contributed by atoms with Crippen LogP contribution in [0, 0.1) is 0 Å². The van der Waals surface area contributed by atoms with E-state index in [1.165, 1.54) is 16.7 Å². The van der Waals surface area contributed by atoms with Gasteiger partial charge in [0.15, 0.2) is 0 Å². The smallest absolute Gasteiger partial charge is 0.129 e. The second-order valence-electron chi connectivity index (χ2n) is 12.1. The lowest BCUT2D eigenvalue weighted by molar-refractivity contribution is 0.477. The maximum absolute atomic E-state index is 6.58. The first-order chi connectivity index (χ1) is 20.2. The molecule has 0 unspecified atom stereocenters. The van der Waals surface area contributed by atoms with Crippen LogP contribution in [0.25, 0.3) is 5.69 Å². The van der Waals surface area contributed by atoms with Crippen molar-refractivity contribution >= 4 is 5.69 Å². The predicted octanol–water partition coefficient (Wildman–Crippen LogP) is 8.50. The van der Waals surface area contributed by atoms with Crippen molar-refractivity contribution in [2.45, 2.75) is 38.5 Å². The van der Waals surface area contributed by atoms with Crippen molar-refractivity contribution in [3.8, 4) is 17.2 Å². The Balaban J connectivity index is 1.32. The Hall–Kier alpha value is -4.77. The SMILES string of the molecule is CN1C=CN(c2cc(Oc3cccc(-n4cc(C(C)(C)c5ccccc5)cn4)c3)cc(C(C)(C)c3ccccc3)c2)C1. The Morgan fingerprint density at radius 3 is 1.90 bits per heavy atom. The molecule has 1 aliphatic rings. The summed E-state index contributed by atoms with van der Waals surface area (Å²) in [7, 11) is 2.08. The van der Waals surface area contributed by atoms with E-state index in [0.717, 1.165) is 35.1 Å². The number of aromatic nitrogens is 2. The molecule has 1 aliphatic heterocycles. The average Bonchev–Trinajstić information content (AvgIpc) is 3.68. The summed E-state index contributed by atoms with van der Waals surface area (Å²) in [5.41, 5.74) is 6.56. The van der Waals surface area contributed by atoms with Gasteiger partial charge in [0.25, 0.3) is 0 Å². The average molecular weight is 555 g/mol. The quantitative estimate of drug-likeness (QED) is 0.193. The van der Waals surface area contributed by atoms with Crippen LogP contribution in [0.2, 0.25) is 0 Å². The van der Waals surface area contributed by atoms with Crippen LogP contribution in [0.1, 0.15) is 49.9 Å². The van der Waals surface area contributed by atoms with Gasteiger partial charge in [-0.3, -0.25) is 0 Å². The van der Waals surface area contributed by atoms with Crippen LogP contribution >= 0.6 is 0 Å². The first-order valence-corrected chi connectivity index (χ1v) is 14.5. The van der Waals surface area contributed by atoms with Crippen molar-refractivity contribution < 1.29 is 4.74 Å². The molecule has 6 rings (SSSR count). The molecule has 0 N–H and O–H groups in total. The topological polar surface area (TPSA) is 33.5 Å². The molecule has 0 bridgehead atoms. The summed E-state index contributed by atoms with van der Waals surface area (Å²) in [5.74, 6) is 1.57. The zero-order valence-corrected chi connectivity index (χ0v) is 25.0. The molecule has 4 aromatic carbocycles. The van der Waals surface area contributed by atoms with E-state index in [0.29, 0.717) is 0 Å². The zero-order chi connectivity index (χ0) is 29.3. The van der Waals surface area contributed by atoms with Crippen molar-refractivity contribution in [3.05, 3.63) is 150 Å². The largest absolute Gasteiger partial charge is 0.457 e. The third-order valence-electron chi connectivity index (χ3n) is 8.43. The van der Waals surface area contributed by atoms with E-state index in [-0.39, 0.29) is 10.8 Å². The summed E-state index contributed by atoms with van der Waals surface area (Å²) in [4.78, 5) is 4.41. The van der Waals surface area contributed by atoms with Crippen LogP contribution in [-0.4, -0.2) is 28.4 Å². The van der Waals surface area contributed by atoms with Gasteiger partial charge < -0.3 is 14.5 Å². The standard InChI is InChI=1S/C37H38N4O/c1-36(2,28-13-8-6-9-14-28)30-21-33(40-20-19-39(5)27-40)24-35(22-30)42-34-18-12-17-32(23-34)41-26-31(25-38-41)37(3,4)29-15-10-7-11-16-29/h6-26H,27H2,1-5H3. The molecule has 212 valence electrons. The highest BCUT2D eigenvalue weighted by Crippen LogP contribution is 2.38. The summed E-state index contributed by atoms with van der Waals surface area (Å²) < 4.78 is 8.51. The van der Waals surface area contributed by atoms with Crippen LogP contribution in [0.5, 0.6) is 11.5 Å².